The highest BCUT2D eigenvalue weighted by Gasteiger charge is 2.41. The summed E-state index contributed by atoms with van der Waals surface area (Å²) in [5.41, 5.74) is 2.68. The third kappa shape index (κ3) is 4.58. The van der Waals surface area contributed by atoms with Gasteiger partial charge in [0.05, 0.1) is 6.54 Å². The van der Waals surface area contributed by atoms with E-state index in [1.165, 1.54) is 25.7 Å². The quantitative estimate of drug-likeness (QED) is 0.713. The molecular formula is C26H32N2O2. The molecule has 2 fully saturated rings. The van der Waals surface area contributed by atoms with Gasteiger partial charge in [0.25, 0.3) is 0 Å². The molecule has 0 atom stereocenters. The van der Waals surface area contributed by atoms with Crippen molar-refractivity contribution in [3.8, 4) is 0 Å². The number of carbonyl (C=O) groups excluding carboxylic acids is 2. The van der Waals surface area contributed by atoms with Crippen LogP contribution in [-0.4, -0.2) is 47.8 Å². The molecule has 1 saturated heterocycles. The Labute approximate surface area is 179 Å². The van der Waals surface area contributed by atoms with E-state index in [0.29, 0.717) is 12.0 Å². The van der Waals surface area contributed by atoms with Crippen molar-refractivity contribution in [2.75, 3.05) is 26.2 Å². The van der Waals surface area contributed by atoms with Crippen LogP contribution in [0, 0.1) is 5.41 Å². The van der Waals surface area contributed by atoms with Crippen molar-refractivity contribution in [1.82, 2.24) is 9.80 Å². The Morgan fingerprint density at radius 3 is 2.03 bits per heavy atom. The second-order valence-corrected chi connectivity index (χ2v) is 9.05. The molecule has 2 amide bonds. The molecule has 2 aliphatic rings. The van der Waals surface area contributed by atoms with Crippen LogP contribution >= 0.6 is 0 Å². The van der Waals surface area contributed by atoms with Crippen LogP contribution in [0.15, 0.2) is 60.7 Å². The molecule has 0 bridgehead atoms. The van der Waals surface area contributed by atoms with Gasteiger partial charge < -0.3 is 9.80 Å². The zero-order chi connectivity index (χ0) is 21.0. The van der Waals surface area contributed by atoms with Gasteiger partial charge in [-0.05, 0) is 35.8 Å². The minimum Gasteiger partial charge on any atom is -0.341 e. The number of benzene rings is 2. The summed E-state index contributed by atoms with van der Waals surface area (Å²) >= 11 is 0. The number of rotatable bonds is 6. The largest absolute Gasteiger partial charge is 0.341 e. The zero-order valence-corrected chi connectivity index (χ0v) is 17.9. The summed E-state index contributed by atoms with van der Waals surface area (Å²) in [6.07, 6.45) is 6.19. The molecule has 0 unspecified atom stereocenters. The number of hydrogen-bond donors (Lipinski definition) is 0. The summed E-state index contributed by atoms with van der Waals surface area (Å²) in [5, 5.41) is 0. The van der Waals surface area contributed by atoms with Crippen LogP contribution in [0.3, 0.4) is 0 Å². The molecule has 1 heterocycles. The van der Waals surface area contributed by atoms with Gasteiger partial charge in [0.15, 0.2) is 0 Å². The summed E-state index contributed by atoms with van der Waals surface area (Å²) < 4.78 is 0. The fourth-order valence-corrected chi connectivity index (χ4v) is 5.24. The summed E-state index contributed by atoms with van der Waals surface area (Å²) in [5.74, 6) is 0.0905. The molecule has 0 aromatic heterocycles. The van der Waals surface area contributed by atoms with Crippen molar-refractivity contribution >= 4 is 11.8 Å². The average Bonchev–Trinajstić information content (AvgIpc) is 3.42. The van der Waals surface area contributed by atoms with Crippen molar-refractivity contribution in [3.63, 3.8) is 0 Å². The molecule has 158 valence electrons. The summed E-state index contributed by atoms with van der Waals surface area (Å²) in [7, 11) is 0. The molecule has 4 heteroatoms. The van der Waals surface area contributed by atoms with Crippen molar-refractivity contribution in [1.29, 1.82) is 0 Å². The lowest BCUT2D eigenvalue weighted by molar-refractivity contribution is -0.139. The second kappa shape index (κ2) is 9.03. The highest BCUT2D eigenvalue weighted by Crippen LogP contribution is 2.45. The summed E-state index contributed by atoms with van der Waals surface area (Å²) in [6, 6.07) is 20.5. The maximum Gasteiger partial charge on any atom is 0.242 e. The van der Waals surface area contributed by atoms with Crippen LogP contribution in [-0.2, 0) is 9.59 Å². The van der Waals surface area contributed by atoms with Crippen molar-refractivity contribution in [2.45, 2.75) is 44.9 Å². The highest BCUT2D eigenvalue weighted by atomic mass is 16.2. The van der Waals surface area contributed by atoms with Crippen molar-refractivity contribution < 1.29 is 9.59 Å². The van der Waals surface area contributed by atoms with Crippen LogP contribution in [0.25, 0.3) is 0 Å². The van der Waals surface area contributed by atoms with Gasteiger partial charge >= 0.3 is 0 Å². The first-order chi connectivity index (χ1) is 14.6. The Bertz CT molecular complexity index is 820. The first-order valence-corrected chi connectivity index (χ1v) is 11.2. The predicted octanol–water partition coefficient (Wildman–Crippen LogP) is 4.46. The van der Waals surface area contributed by atoms with Gasteiger partial charge in [-0.3, -0.25) is 9.59 Å². The van der Waals surface area contributed by atoms with E-state index < -0.39 is 0 Å². The Kier molecular flexibility index (Phi) is 6.21. The molecule has 0 radical (unpaired) electrons. The molecule has 1 saturated carbocycles. The standard InChI is InChI=1S/C26H32N2O2/c1-21(29)28(19-25(30)27-17-16-26(20-27)14-8-9-15-26)18-24(22-10-4-2-5-11-22)23-12-6-3-7-13-23/h2-7,10-13,24H,8-9,14-20H2,1H3. The molecule has 2 aromatic rings. The van der Waals surface area contributed by atoms with Crippen LogP contribution in [0.1, 0.15) is 56.1 Å². The van der Waals surface area contributed by atoms with E-state index in [9.17, 15) is 9.59 Å². The summed E-state index contributed by atoms with van der Waals surface area (Å²) in [4.78, 5) is 29.3. The second-order valence-electron chi connectivity index (χ2n) is 9.05. The fourth-order valence-electron chi connectivity index (χ4n) is 5.24. The topological polar surface area (TPSA) is 40.6 Å². The minimum absolute atomic E-state index is 0.0452. The van der Waals surface area contributed by atoms with Gasteiger partial charge in [-0.15, -0.1) is 0 Å². The molecule has 2 aromatic carbocycles. The molecule has 1 aliphatic heterocycles. The number of carbonyl (C=O) groups is 2. The molecule has 0 N–H and O–H groups in total. The van der Waals surface area contributed by atoms with Gasteiger partial charge in [0.2, 0.25) is 11.8 Å². The molecule has 30 heavy (non-hydrogen) atoms. The van der Waals surface area contributed by atoms with E-state index in [1.807, 2.05) is 41.3 Å². The smallest absolute Gasteiger partial charge is 0.242 e. The lowest BCUT2D eigenvalue weighted by atomic mass is 9.86. The van der Waals surface area contributed by atoms with Gasteiger partial charge in [0.1, 0.15) is 0 Å². The van der Waals surface area contributed by atoms with Gasteiger partial charge in [-0.2, -0.15) is 0 Å². The Morgan fingerprint density at radius 1 is 0.933 bits per heavy atom. The van der Waals surface area contributed by atoms with Gasteiger partial charge in [0, 0.05) is 32.5 Å². The fraction of sp³-hybridized carbons (Fsp3) is 0.462. The number of hydrogen-bond acceptors (Lipinski definition) is 2. The third-order valence-corrected chi connectivity index (χ3v) is 7.03. The molecule has 4 rings (SSSR count). The Morgan fingerprint density at radius 2 is 1.50 bits per heavy atom. The van der Waals surface area contributed by atoms with Crippen LogP contribution in [0.5, 0.6) is 0 Å². The molecular weight excluding hydrogens is 372 g/mol. The van der Waals surface area contributed by atoms with Crippen molar-refractivity contribution in [3.05, 3.63) is 71.8 Å². The van der Waals surface area contributed by atoms with Crippen LogP contribution < -0.4 is 0 Å². The molecule has 4 nitrogen and oxygen atoms in total. The van der Waals surface area contributed by atoms with E-state index >= 15 is 0 Å². The first-order valence-electron chi connectivity index (χ1n) is 11.2. The van der Waals surface area contributed by atoms with E-state index in [2.05, 4.69) is 24.3 Å². The van der Waals surface area contributed by atoms with E-state index in [0.717, 1.165) is 30.6 Å². The highest BCUT2D eigenvalue weighted by molar-refractivity contribution is 5.84. The van der Waals surface area contributed by atoms with E-state index in [1.54, 1.807) is 11.8 Å². The SMILES string of the molecule is CC(=O)N(CC(=O)N1CCC2(CCCC2)C1)CC(c1ccccc1)c1ccccc1. The lowest BCUT2D eigenvalue weighted by Crippen LogP contribution is -2.43. The molecule has 1 aliphatic carbocycles. The normalized spacial score (nSPS) is 17.6. The third-order valence-electron chi connectivity index (χ3n) is 7.03. The lowest BCUT2D eigenvalue weighted by Gasteiger charge is -2.29. The number of nitrogens with zero attached hydrogens (tertiary/aromatic N) is 2. The zero-order valence-electron chi connectivity index (χ0n) is 17.9. The minimum atomic E-state index is -0.0463. The monoisotopic (exact) mass is 404 g/mol. The van der Waals surface area contributed by atoms with Crippen molar-refractivity contribution in [2.24, 2.45) is 5.41 Å². The van der Waals surface area contributed by atoms with Gasteiger partial charge in [-0.1, -0.05) is 73.5 Å². The summed E-state index contributed by atoms with van der Waals surface area (Å²) in [6.45, 7) is 3.96. The van der Waals surface area contributed by atoms with E-state index in [-0.39, 0.29) is 24.3 Å². The predicted molar refractivity (Wildman–Crippen MR) is 119 cm³/mol. The first kappa shape index (κ1) is 20.6. The van der Waals surface area contributed by atoms with Crippen LogP contribution in [0.4, 0.5) is 0 Å². The average molecular weight is 405 g/mol. The maximum atomic E-state index is 13.1. The number of amides is 2. The Balaban J connectivity index is 1.49. The van der Waals surface area contributed by atoms with Crippen LogP contribution in [0.2, 0.25) is 0 Å². The molecule has 1 spiro atoms. The van der Waals surface area contributed by atoms with E-state index in [4.69, 9.17) is 0 Å². The number of likely N-dealkylation sites (tertiary alicyclic amines) is 1. The maximum absolute atomic E-state index is 13.1. The Hall–Kier alpha value is -2.62. The van der Waals surface area contributed by atoms with Gasteiger partial charge in [-0.25, -0.2) is 0 Å².